The lowest BCUT2D eigenvalue weighted by Gasteiger charge is -2.38. The van der Waals surface area contributed by atoms with Gasteiger partial charge in [0.25, 0.3) is 0 Å². The first-order chi connectivity index (χ1) is 17.1. The molecule has 2 bridgehead atoms. The molecule has 0 saturated carbocycles. The van der Waals surface area contributed by atoms with E-state index >= 15 is 0 Å². The van der Waals surface area contributed by atoms with Crippen LogP contribution in [0.1, 0.15) is 66.2 Å². The van der Waals surface area contributed by atoms with Crippen LogP contribution < -0.4 is 0 Å². The monoisotopic (exact) mass is 504 g/mol. The Labute approximate surface area is 215 Å². The number of carbonyl (C=O) groups is 3. The summed E-state index contributed by atoms with van der Waals surface area (Å²) >= 11 is 0. The molecule has 1 N–H and O–H groups in total. The molecular formula is C28H44N2O6. The Morgan fingerprint density at radius 1 is 1.25 bits per heavy atom. The molecule has 3 aliphatic rings. The summed E-state index contributed by atoms with van der Waals surface area (Å²) in [6.45, 7) is 16.4. The van der Waals surface area contributed by atoms with Crippen molar-refractivity contribution in [3.8, 4) is 0 Å². The van der Waals surface area contributed by atoms with Gasteiger partial charge in [0.1, 0.15) is 17.6 Å². The molecule has 0 radical (unpaired) electrons. The van der Waals surface area contributed by atoms with Gasteiger partial charge in [-0.3, -0.25) is 14.4 Å². The number of allylic oxidation sites excluding steroid dienone is 1. The summed E-state index contributed by atoms with van der Waals surface area (Å²) in [5.74, 6) is -2.34. The molecule has 3 unspecified atom stereocenters. The molecule has 8 nitrogen and oxygen atoms in total. The van der Waals surface area contributed by atoms with Gasteiger partial charge in [-0.25, -0.2) is 0 Å². The normalized spacial score (nSPS) is 32.6. The molecule has 0 aromatic carbocycles. The average molecular weight is 505 g/mol. The molecule has 0 aromatic rings. The van der Waals surface area contributed by atoms with E-state index in [1.165, 1.54) is 0 Å². The number of likely N-dealkylation sites (tertiary alicyclic amines) is 1. The molecule has 8 heteroatoms. The molecule has 3 aliphatic heterocycles. The van der Waals surface area contributed by atoms with E-state index in [9.17, 15) is 19.5 Å². The standard InChI is InChI=1S/C28H44N2O6/c1-7-9-13-17-35-26(34)22-21-24(32)30(15-11-10-12-16-31)23(25(33)29(14-8-2)19(3)4)28(21)18-20(5)27(22,6)36-28/h7-8,19-23,31H,1-2,9-18H2,3-6H3/t20?,21-,22+,23?,27-,28?/m0/s1. The van der Waals surface area contributed by atoms with E-state index in [0.29, 0.717) is 38.8 Å². The summed E-state index contributed by atoms with van der Waals surface area (Å²) in [5, 5.41) is 9.19. The first-order valence-corrected chi connectivity index (χ1v) is 13.4. The first kappa shape index (κ1) is 28.4. The molecule has 6 atom stereocenters. The van der Waals surface area contributed by atoms with Crippen LogP contribution in [0.2, 0.25) is 0 Å². The van der Waals surface area contributed by atoms with Gasteiger partial charge < -0.3 is 24.4 Å². The smallest absolute Gasteiger partial charge is 0.312 e. The summed E-state index contributed by atoms with van der Waals surface area (Å²) in [6.07, 6.45) is 7.44. The Morgan fingerprint density at radius 2 is 1.97 bits per heavy atom. The van der Waals surface area contributed by atoms with Crippen LogP contribution >= 0.6 is 0 Å². The highest BCUT2D eigenvalue weighted by atomic mass is 16.6. The fourth-order valence-corrected chi connectivity index (χ4v) is 6.53. The third-order valence-electron chi connectivity index (χ3n) is 8.39. The van der Waals surface area contributed by atoms with Crippen LogP contribution in [0.4, 0.5) is 0 Å². The van der Waals surface area contributed by atoms with Crippen molar-refractivity contribution in [1.29, 1.82) is 0 Å². The Morgan fingerprint density at radius 3 is 2.58 bits per heavy atom. The summed E-state index contributed by atoms with van der Waals surface area (Å²) in [4.78, 5) is 44.9. The number of aliphatic hydroxyl groups excluding tert-OH is 1. The predicted molar refractivity (Wildman–Crippen MR) is 137 cm³/mol. The largest absolute Gasteiger partial charge is 0.465 e. The van der Waals surface area contributed by atoms with E-state index in [1.807, 2.05) is 27.7 Å². The maximum absolute atomic E-state index is 14.1. The van der Waals surface area contributed by atoms with Gasteiger partial charge in [0, 0.05) is 25.7 Å². The predicted octanol–water partition coefficient (Wildman–Crippen LogP) is 3.09. The maximum atomic E-state index is 14.1. The molecule has 3 heterocycles. The minimum absolute atomic E-state index is 0.0242. The molecule has 202 valence electrons. The third-order valence-corrected chi connectivity index (χ3v) is 8.39. The Bertz CT molecular complexity index is 859. The number of carbonyl (C=O) groups excluding carboxylic acids is 3. The van der Waals surface area contributed by atoms with Gasteiger partial charge in [0.2, 0.25) is 11.8 Å². The molecule has 3 saturated heterocycles. The van der Waals surface area contributed by atoms with E-state index in [0.717, 1.165) is 12.8 Å². The van der Waals surface area contributed by atoms with Crippen LogP contribution in [-0.4, -0.2) is 82.3 Å². The van der Waals surface area contributed by atoms with Gasteiger partial charge >= 0.3 is 5.97 Å². The summed E-state index contributed by atoms with van der Waals surface area (Å²) in [7, 11) is 0. The molecular weight excluding hydrogens is 460 g/mol. The number of rotatable bonds is 14. The van der Waals surface area contributed by atoms with Gasteiger partial charge in [0.15, 0.2) is 0 Å². The van der Waals surface area contributed by atoms with Crippen LogP contribution in [-0.2, 0) is 23.9 Å². The number of hydrogen-bond acceptors (Lipinski definition) is 6. The number of hydrogen-bond donors (Lipinski definition) is 1. The SMILES string of the molecule is C=CCCCOC(=O)[C@H]1[C@H]2C(=O)N(CCCCCO)C(C(=O)N(CC=C)C(C)C)C23CC(C)[C@]1(C)O3. The zero-order valence-electron chi connectivity index (χ0n) is 22.4. The molecule has 2 amide bonds. The molecule has 3 fully saturated rings. The van der Waals surface area contributed by atoms with E-state index < -0.39 is 35.0 Å². The lowest BCUT2D eigenvalue weighted by Crippen LogP contribution is -2.57. The minimum atomic E-state index is -1.07. The van der Waals surface area contributed by atoms with Crippen molar-refractivity contribution in [3.63, 3.8) is 0 Å². The van der Waals surface area contributed by atoms with Crippen LogP contribution in [0.5, 0.6) is 0 Å². The van der Waals surface area contributed by atoms with Crippen molar-refractivity contribution in [2.75, 3.05) is 26.3 Å². The number of aliphatic hydroxyl groups is 1. The molecule has 0 aromatic heterocycles. The van der Waals surface area contributed by atoms with Gasteiger partial charge in [0.05, 0.1) is 18.1 Å². The van der Waals surface area contributed by atoms with Gasteiger partial charge in [-0.15, -0.1) is 13.2 Å². The fraction of sp³-hybridized carbons (Fsp3) is 0.750. The van der Waals surface area contributed by atoms with Crippen LogP contribution in [0.25, 0.3) is 0 Å². The summed E-state index contributed by atoms with van der Waals surface area (Å²) in [6, 6.07) is -0.899. The molecule has 1 spiro atoms. The highest BCUT2D eigenvalue weighted by Gasteiger charge is 2.80. The second-order valence-electron chi connectivity index (χ2n) is 11.0. The first-order valence-electron chi connectivity index (χ1n) is 13.4. The second-order valence-corrected chi connectivity index (χ2v) is 11.0. The molecule has 36 heavy (non-hydrogen) atoms. The highest BCUT2D eigenvalue weighted by Crippen LogP contribution is 2.65. The van der Waals surface area contributed by atoms with E-state index in [-0.39, 0.29) is 37.0 Å². The summed E-state index contributed by atoms with van der Waals surface area (Å²) < 4.78 is 12.4. The lowest BCUT2D eigenvalue weighted by molar-refractivity contribution is -0.162. The number of nitrogens with zero attached hydrogens (tertiary/aromatic N) is 2. The number of unbranched alkanes of at least 4 members (excludes halogenated alkanes) is 3. The number of ether oxygens (including phenoxy) is 2. The van der Waals surface area contributed by atoms with Gasteiger partial charge in [-0.2, -0.15) is 0 Å². The lowest BCUT2D eigenvalue weighted by atomic mass is 9.62. The second kappa shape index (κ2) is 11.5. The quantitative estimate of drug-likeness (QED) is 0.222. The van der Waals surface area contributed by atoms with Gasteiger partial charge in [-0.05, 0) is 65.2 Å². The maximum Gasteiger partial charge on any atom is 0.312 e. The van der Waals surface area contributed by atoms with Crippen molar-refractivity contribution in [1.82, 2.24) is 9.80 Å². The van der Waals surface area contributed by atoms with Crippen molar-refractivity contribution in [3.05, 3.63) is 25.3 Å². The third kappa shape index (κ3) is 4.74. The zero-order chi connectivity index (χ0) is 26.7. The average Bonchev–Trinajstić information content (AvgIpc) is 3.34. The Balaban J connectivity index is 2.00. The van der Waals surface area contributed by atoms with Crippen LogP contribution in [0.15, 0.2) is 25.3 Å². The molecule has 0 aliphatic carbocycles. The van der Waals surface area contributed by atoms with Crippen LogP contribution in [0.3, 0.4) is 0 Å². The topological polar surface area (TPSA) is 96.4 Å². The van der Waals surface area contributed by atoms with Crippen molar-refractivity contribution < 1.29 is 29.0 Å². The van der Waals surface area contributed by atoms with E-state index in [4.69, 9.17) is 9.47 Å². The number of amides is 2. The van der Waals surface area contributed by atoms with Crippen molar-refractivity contribution in [2.24, 2.45) is 17.8 Å². The van der Waals surface area contributed by atoms with Crippen molar-refractivity contribution in [2.45, 2.75) is 89.5 Å². The van der Waals surface area contributed by atoms with Crippen LogP contribution in [0, 0.1) is 17.8 Å². The Hall–Kier alpha value is -2.19. The fourth-order valence-electron chi connectivity index (χ4n) is 6.53. The Kier molecular flexibility index (Phi) is 9.04. The number of fused-ring (bicyclic) bond motifs is 1. The van der Waals surface area contributed by atoms with Gasteiger partial charge in [-0.1, -0.05) is 19.1 Å². The number of esters is 1. The molecule has 3 rings (SSSR count). The minimum Gasteiger partial charge on any atom is -0.465 e. The zero-order valence-corrected chi connectivity index (χ0v) is 22.4. The van der Waals surface area contributed by atoms with E-state index in [2.05, 4.69) is 13.2 Å². The van der Waals surface area contributed by atoms with E-state index in [1.54, 1.807) is 22.0 Å². The summed E-state index contributed by atoms with van der Waals surface area (Å²) in [5.41, 5.74) is -1.95. The van der Waals surface area contributed by atoms with Crippen molar-refractivity contribution >= 4 is 17.8 Å². The highest BCUT2D eigenvalue weighted by molar-refractivity contribution is 5.98.